The number of hydrogen-bond donors (Lipinski definition) is 2. The quantitative estimate of drug-likeness (QED) is 0.702. The molecule has 134 valence electrons. The van der Waals surface area contributed by atoms with Gasteiger partial charge in [0.05, 0.1) is 19.0 Å². The molecule has 1 aromatic heterocycles. The third-order valence-electron chi connectivity index (χ3n) is 4.16. The number of amides is 2. The first-order valence-electron chi connectivity index (χ1n) is 8.48. The highest BCUT2D eigenvalue weighted by Gasteiger charge is 2.15. The lowest BCUT2D eigenvalue weighted by Crippen LogP contribution is -2.34. The summed E-state index contributed by atoms with van der Waals surface area (Å²) in [6, 6.07) is 15.4. The van der Waals surface area contributed by atoms with Gasteiger partial charge in [0.2, 0.25) is 0 Å². The smallest absolute Gasteiger partial charge is 0.322 e. The Balaban J connectivity index is 1.75. The molecule has 0 fully saturated rings. The lowest BCUT2D eigenvalue weighted by Gasteiger charge is -2.22. The van der Waals surface area contributed by atoms with Crippen molar-refractivity contribution in [3.05, 3.63) is 66.5 Å². The molecule has 2 aromatic carbocycles. The van der Waals surface area contributed by atoms with Crippen LogP contribution < -0.4 is 10.1 Å². The maximum atomic E-state index is 12.7. The second-order valence-corrected chi connectivity index (χ2v) is 5.83. The Morgan fingerprint density at radius 2 is 2.00 bits per heavy atom. The summed E-state index contributed by atoms with van der Waals surface area (Å²) >= 11 is 0. The lowest BCUT2D eigenvalue weighted by atomic mass is 10.1. The standard InChI is InChI=1S/C20H22N4O2/c1-3-24(14-15-7-5-4-6-8-15)20(25)23-18-10-9-16(11-19(18)26-2)17-12-21-22-13-17/h4-13H,3,14H2,1-2H3,(H,21,22)(H,23,25). The molecular formula is C20H22N4O2. The van der Waals surface area contributed by atoms with Crippen molar-refractivity contribution in [1.82, 2.24) is 15.1 Å². The molecule has 0 saturated heterocycles. The van der Waals surface area contributed by atoms with E-state index >= 15 is 0 Å². The van der Waals surface area contributed by atoms with E-state index in [1.165, 1.54) is 0 Å². The second-order valence-electron chi connectivity index (χ2n) is 5.83. The van der Waals surface area contributed by atoms with Crippen LogP contribution in [0.5, 0.6) is 5.75 Å². The van der Waals surface area contributed by atoms with Crippen LogP contribution in [0, 0.1) is 0 Å². The fraction of sp³-hybridized carbons (Fsp3) is 0.200. The van der Waals surface area contributed by atoms with Crippen molar-refractivity contribution < 1.29 is 9.53 Å². The van der Waals surface area contributed by atoms with Crippen molar-refractivity contribution in [2.75, 3.05) is 19.0 Å². The molecule has 0 unspecified atom stereocenters. The minimum absolute atomic E-state index is 0.161. The highest BCUT2D eigenvalue weighted by molar-refractivity contribution is 5.91. The Hall–Kier alpha value is -3.28. The van der Waals surface area contributed by atoms with Gasteiger partial charge in [-0.3, -0.25) is 5.10 Å². The Morgan fingerprint density at radius 1 is 1.19 bits per heavy atom. The van der Waals surface area contributed by atoms with Crippen molar-refractivity contribution >= 4 is 11.7 Å². The molecule has 3 aromatic rings. The number of anilines is 1. The van der Waals surface area contributed by atoms with E-state index < -0.39 is 0 Å². The predicted octanol–water partition coefficient (Wildman–Crippen LogP) is 4.14. The molecule has 0 aliphatic rings. The summed E-state index contributed by atoms with van der Waals surface area (Å²) in [6.45, 7) is 3.12. The number of methoxy groups -OCH3 is 1. The van der Waals surface area contributed by atoms with Gasteiger partial charge in [-0.1, -0.05) is 36.4 Å². The first-order valence-corrected chi connectivity index (χ1v) is 8.48. The van der Waals surface area contributed by atoms with Crippen molar-refractivity contribution in [2.24, 2.45) is 0 Å². The van der Waals surface area contributed by atoms with E-state index in [1.807, 2.05) is 61.7 Å². The van der Waals surface area contributed by atoms with Crippen LogP contribution in [0.2, 0.25) is 0 Å². The van der Waals surface area contributed by atoms with Crippen LogP contribution in [0.15, 0.2) is 60.9 Å². The number of aromatic nitrogens is 2. The molecule has 0 aliphatic heterocycles. The number of aromatic amines is 1. The van der Waals surface area contributed by atoms with E-state index in [0.29, 0.717) is 24.5 Å². The van der Waals surface area contributed by atoms with Crippen LogP contribution in [0.1, 0.15) is 12.5 Å². The summed E-state index contributed by atoms with van der Waals surface area (Å²) in [5, 5.41) is 9.69. The van der Waals surface area contributed by atoms with Crippen LogP contribution in [0.25, 0.3) is 11.1 Å². The van der Waals surface area contributed by atoms with Gasteiger partial charge in [-0.15, -0.1) is 0 Å². The topological polar surface area (TPSA) is 70.2 Å². The average Bonchev–Trinajstić information content (AvgIpc) is 3.22. The molecule has 0 aliphatic carbocycles. The molecule has 2 N–H and O–H groups in total. The van der Waals surface area contributed by atoms with E-state index in [2.05, 4.69) is 15.5 Å². The number of carbonyl (C=O) groups excluding carboxylic acids is 1. The number of benzene rings is 2. The zero-order valence-electron chi connectivity index (χ0n) is 14.9. The number of ether oxygens (including phenoxy) is 1. The number of hydrogen-bond acceptors (Lipinski definition) is 3. The first kappa shape index (κ1) is 17.5. The summed E-state index contributed by atoms with van der Waals surface area (Å²) in [4.78, 5) is 14.4. The van der Waals surface area contributed by atoms with Gasteiger partial charge in [0, 0.05) is 24.8 Å². The Morgan fingerprint density at radius 3 is 2.65 bits per heavy atom. The average molecular weight is 350 g/mol. The molecule has 0 bridgehead atoms. The van der Waals surface area contributed by atoms with Crippen molar-refractivity contribution in [3.8, 4) is 16.9 Å². The van der Waals surface area contributed by atoms with Crippen LogP contribution in [-0.4, -0.2) is 34.8 Å². The molecule has 3 rings (SSSR count). The van der Waals surface area contributed by atoms with E-state index in [-0.39, 0.29) is 6.03 Å². The number of H-pyrrole nitrogens is 1. The maximum Gasteiger partial charge on any atom is 0.322 e. The summed E-state index contributed by atoms with van der Waals surface area (Å²) in [7, 11) is 1.59. The SMILES string of the molecule is CCN(Cc1ccccc1)C(=O)Nc1ccc(-c2cn[nH]c2)cc1OC. The Kier molecular flexibility index (Phi) is 5.53. The van der Waals surface area contributed by atoms with Crippen LogP contribution in [-0.2, 0) is 6.54 Å². The normalized spacial score (nSPS) is 10.4. The molecule has 0 spiro atoms. The largest absolute Gasteiger partial charge is 0.495 e. The van der Waals surface area contributed by atoms with Gasteiger partial charge in [-0.05, 0) is 30.2 Å². The van der Waals surface area contributed by atoms with Crippen LogP contribution >= 0.6 is 0 Å². The fourth-order valence-electron chi connectivity index (χ4n) is 2.71. The minimum atomic E-state index is -0.161. The molecule has 6 nitrogen and oxygen atoms in total. The Bertz CT molecular complexity index is 848. The van der Waals surface area contributed by atoms with Crippen molar-refractivity contribution in [2.45, 2.75) is 13.5 Å². The molecular weight excluding hydrogens is 328 g/mol. The first-order chi connectivity index (χ1) is 12.7. The van der Waals surface area contributed by atoms with Gasteiger partial charge in [-0.25, -0.2) is 4.79 Å². The zero-order chi connectivity index (χ0) is 18.4. The number of rotatable bonds is 6. The summed E-state index contributed by atoms with van der Waals surface area (Å²) < 4.78 is 5.45. The van der Waals surface area contributed by atoms with Gasteiger partial charge in [0.25, 0.3) is 0 Å². The van der Waals surface area contributed by atoms with Gasteiger partial charge in [-0.2, -0.15) is 5.10 Å². The molecule has 0 saturated carbocycles. The summed E-state index contributed by atoms with van der Waals surface area (Å²) in [5.41, 5.74) is 3.65. The van der Waals surface area contributed by atoms with Gasteiger partial charge in [0.1, 0.15) is 5.75 Å². The van der Waals surface area contributed by atoms with Gasteiger partial charge < -0.3 is 15.0 Å². The molecule has 6 heteroatoms. The van der Waals surface area contributed by atoms with E-state index in [0.717, 1.165) is 16.7 Å². The number of nitrogens with zero attached hydrogens (tertiary/aromatic N) is 2. The van der Waals surface area contributed by atoms with Crippen LogP contribution in [0.4, 0.5) is 10.5 Å². The molecule has 26 heavy (non-hydrogen) atoms. The Labute approximate surface area is 152 Å². The second kappa shape index (κ2) is 8.20. The van der Waals surface area contributed by atoms with E-state index in [1.54, 1.807) is 18.2 Å². The third-order valence-corrected chi connectivity index (χ3v) is 4.16. The van der Waals surface area contributed by atoms with Crippen LogP contribution in [0.3, 0.4) is 0 Å². The molecule has 0 radical (unpaired) electrons. The number of urea groups is 1. The maximum absolute atomic E-state index is 12.7. The van der Waals surface area contributed by atoms with Crippen molar-refractivity contribution in [3.63, 3.8) is 0 Å². The van der Waals surface area contributed by atoms with E-state index in [4.69, 9.17) is 4.74 Å². The predicted molar refractivity (Wildman–Crippen MR) is 102 cm³/mol. The van der Waals surface area contributed by atoms with E-state index in [9.17, 15) is 4.79 Å². The fourth-order valence-corrected chi connectivity index (χ4v) is 2.71. The summed E-state index contributed by atoms with van der Waals surface area (Å²) in [6.07, 6.45) is 3.55. The summed E-state index contributed by atoms with van der Waals surface area (Å²) in [5.74, 6) is 0.604. The third kappa shape index (κ3) is 4.03. The van der Waals surface area contributed by atoms with Gasteiger partial charge in [0.15, 0.2) is 0 Å². The van der Waals surface area contributed by atoms with Gasteiger partial charge >= 0.3 is 6.03 Å². The number of nitrogens with one attached hydrogen (secondary N) is 2. The number of carbonyl (C=O) groups is 1. The molecule has 0 atom stereocenters. The lowest BCUT2D eigenvalue weighted by molar-refractivity contribution is 0.212. The molecule has 2 amide bonds. The highest BCUT2D eigenvalue weighted by Crippen LogP contribution is 2.30. The minimum Gasteiger partial charge on any atom is -0.495 e. The monoisotopic (exact) mass is 350 g/mol. The molecule has 1 heterocycles. The zero-order valence-corrected chi connectivity index (χ0v) is 14.9. The van der Waals surface area contributed by atoms with Crippen molar-refractivity contribution in [1.29, 1.82) is 0 Å². The highest BCUT2D eigenvalue weighted by atomic mass is 16.5.